The van der Waals surface area contributed by atoms with Crippen LogP contribution in [0.5, 0.6) is 5.75 Å². The molecule has 2 saturated heterocycles. The summed E-state index contributed by atoms with van der Waals surface area (Å²) in [6.45, 7) is 6.00. The highest BCUT2D eigenvalue weighted by atomic mass is 35.5. The second-order valence-corrected chi connectivity index (χ2v) is 11.9. The van der Waals surface area contributed by atoms with E-state index in [4.69, 9.17) is 16.3 Å². The van der Waals surface area contributed by atoms with Crippen LogP contribution in [0.25, 0.3) is 0 Å². The zero-order valence-electron chi connectivity index (χ0n) is 22.7. The zero-order chi connectivity index (χ0) is 27.9. The Balaban J connectivity index is 1.30. The molecule has 3 fully saturated rings. The molecule has 2 atom stereocenters. The fourth-order valence-electron chi connectivity index (χ4n) is 5.77. The lowest BCUT2D eigenvalue weighted by Crippen LogP contribution is -2.46. The van der Waals surface area contributed by atoms with Crippen LogP contribution in [0.1, 0.15) is 49.7 Å². The van der Waals surface area contributed by atoms with E-state index in [1.54, 1.807) is 7.05 Å². The molecule has 0 bridgehead atoms. The molecule has 2 aliphatic heterocycles. The van der Waals surface area contributed by atoms with Crippen molar-refractivity contribution in [3.05, 3.63) is 64.4 Å². The van der Waals surface area contributed by atoms with Crippen molar-refractivity contribution in [2.45, 2.75) is 51.5 Å². The quantitative estimate of drug-likeness (QED) is 0.505. The van der Waals surface area contributed by atoms with E-state index in [9.17, 15) is 18.8 Å². The number of hydrogen-bond donors (Lipinski definition) is 0. The van der Waals surface area contributed by atoms with E-state index in [0.717, 1.165) is 24.0 Å². The standard InChI is InChI=1S/C30H35ClFN3O4/c1-19-16-21(4-9-25(19)31)24-17-35(18-26(24)33(3)29(38)39-23-7-5-22(32)6-8-23)27(36)20-10-14-34(15-11-20)28(37)30(2)12-13-30/h4-9,16,20,24,26H,10-15,17-18H2,1-3H3/t24-,26+/m1/s1. The van der Waals surface area contributed by atoms with Gasteiger partial charge in [-0.25, -0.2) is 9.18 Å². The van der Waals surface area contributed by atoms with E-state index in [0.29, 0.717) is 44.0 Å². The van der Waals surface area contributed by atoms with Crippen molar-refractivity contribution < 1.29 is 23.5 Å². The van der Waals surface area contributed by atoms with Crippen LogP contribution in [0.2, 0.25) is 5.02 Å². The molecule has 39 heavy (non-hydrogen) atoms. The van der Waals surface area contributed by atoms with Gasteiger partial charge in [0.05, 0.1) is 6.04 Å². The monoisotopic (exact) mass is 555 g/mol. The van der Waals surface area contributed by atoms with Gasteiger partial charge in [-0.05, 0) is 74.1 Å². The maximum Gasteiger partial charge on any atom is 0.415 e. The molecule has 2 aromatic carbocycles. The number of amides is 3. The van der Waals surface area contributed by atoms with E-state index in [2.05, 4.69) is 0 Å². The van der Waals surface area contributed by atoms with Gasteiger partial charge in [0.25, 0.3) is 0 Å². The van der Waals surface area contributed by atoms with Gasteiger partial charge in [-0.1, -0.05) is 30.7 Å². The van der Waals surface area contributed by atoms with Crippen LogP contribution in [0.3, 0.4) is 0 Å². The average molecular weight is 556 g/mol. The van der Waals surface area contributed by atoms with Gasteiger partial charge in [0.2, 0.25) is 11.8 Å². The minimum atomic E-state index is -0.572. The Morgan fingerprint density at radius 2 is 1.69 bits per heavy atom. The molecule has 3 amide bonds. The predicted molar refractivity (Wildman–Crippen MR) is 146 cm³/mol. The van der Waals surface area contributed by atoms with Crippen LogP contribution in [-0.4, -0.2) is 71.9 Å². The van der Waals surface area contributed by atoms with Gasteiger partial charge in [-0.2, -0.15) is 0 Å². The molecule has 7 nitrogen and oxygen atoms in total. The van der Waals surface area contributed by atoms with Crippen LogP contribution in [0.15, 0.2) is 42.5 Å². The molecule has 0 unspecified atom stereocenters. The number of halogens is 2. The molecule has 0 aromatic heterocycles. The third-order valence-corrected chi connectivity index (χ3v) is 9.09. The van der Waals surface area contributed by atoms with Crippen LogP contribution in [0.4, 0.5) is 9.18 Å². The van der Waals surface area contributed by atoms with Gasteiger partial charge in [0, 0.05) is 55.5 Å². The maximum atomic E-state index is 13.7. The largest absolute Gasteiger partial charge is 0.415 e. The molecule has 2 aromatic rings. The number of benzene rings is 2. The third kappa shape index (κ3) is 5.76. The highest BCUT2D eigenvalue weighted by molar-refractivity contribution is 6.31. The van der Waals surface area contributed by atoms with Gasteiger partial charge in [0.1, 0.15) is 11.6 Å². The lowest BCUT2D eigenvalue weighted by Gasteiger charge is -2.34. The van der Waals surface area contributed by atoms with Gasteiger partial charge in [-0.15, -0.1) is 0 Å². The second-order valence-electron chi connectivity index (χ2n) is 11.5. The summed E-state index contributed by atoms with van der Waals surface area (Å²) in [5.41, 5.74) is 1.73. The van der Waals surface area contributed by atoms with Crippen molar-refractivity contribution in [2.75, 3.05) is 33.2 Å². The van der Waals surface area contributed by atoms with Crippen molar-refractivity contribution >= 4 is 29.5 Å². The smallest absolute Gasteiger partial charge is 0.410 e. The maximum absolute atomic E-state index is 13.7. The lowest BCUT2D eigenvalue weighted by atomic mass is 9.92. The first kappa shape index (κ1) is 27.4. The van der Waals surface area contributed by atoms with E-state index < -0.39 is 11.9 Å². The Morgan fingerprint density at radius 1 is 1.03 bits per heavy atom. The Kier molecular flexibility index (Phi) is 7.60. The summed E-state index contributed by atoms with van der Waals surface area (Å²) in [4.78, 5) is 44.8. The van der Waals surface area contributed by atoms with Crippen LogP contribution >= 0.6 is 11.6 Å². The van der Waals surface area contributed by atoms with E-state index in [1.807, 2.05) is 41.8 Å². The fraction of sp³-hybridized carbons (Fsp3) is 0.500. The molecule has 3 aliphatic rings. The number of aryl methyl sites for hydroxylation is 1. The van der Waals surface area contributed by atoms with Gasteiger partial charge in [-0.3, -0.25) is 9.59 Å². The molecular formula is C30H35ClFN3O4. The summed E-state index contributed by atoms with van der Waals surface area (Å²) in [7, 11) is 1.67. The Morgan fingerprint density at radius 3 is 2.31 bits per heavy atom. The number of carbonyl (C=O) groups excluding carboxylic acids is 3. The third-order valence-electron chi connectivity index (χ3n) is 8.66. The number of ether oxygens (including phenoxy) is 1. The highest BCUT2D eigenvalue weighted by Gasteiger charge is 2.48. The molecule has 2 heterocycles. The van der Waals surface area contributed by atoms with Crippen molar-refractivity contribution in [1.82, 2.24) is 14.7 Å². The van der Waals surface area contributed by atoms with Crippen LogP contribution < -0.4 is 4.74 Å². The minimum Gasteiger partial charge on any atom is -0.410 e. The Hall–Kier alpha value is -3.13. The molecule has 0 spiro atoms. The first-order chi connectivity index (χ1) is 18.6. The number of likely N-dealkylation sites (tertiary alicyclic amines) is 2. The molecule has 0 N–H and O–H groups in total. The van der Waals surface area contributed by atoms with Crippen LogP contribution in [0, 0.1) is 24.1 Å². The van der Waals surface area contributed by atoms with E-state index >= 15 is 0 Å². The summed E-state index contributed by atoms with van der Waals surface area (Å²) in [5, 5.41) is 0.659. The Labute approximate surface area is 233 Å². The predicted octanol–water partition coefficient (Wildman–Crippen LogP) is 5.25. The topological polar surface area (TPSA) is 70.2 Å². The number of nitrogens with zero attached hydrogens (tertiary/aromatic N) is 3. The minimum absolute atomic E-state index is 0.0678. The summed E-state index contributed by atoms with van der Waals surface area (Å²) in [6, 6.07) is 10.8. The number of carbonyl (C=O) groups is 3. The number of piperidine rings is 1. The lowest BCUT2D eigenvalue weighted by molar-refractivity contribution is -0.142. The normalized spacial score (nSPS) is 22.5. The number of likely N-dealkylation sites (N-methyl/N-ethyl adjacent to an activating group) is 1. The average Bonchev–Trinajstić information content (AvgIpc) is 3.53. The fourth-order valence-corrected chi connectivity index (χ4v) is 5.88. The SMILES string of the molecule is Cc1cc([C@H]2CN(C(=O)C3CCN(C(=O)C4(C)CC4)CC3)C[C@@H]2N(C)C(=O)Oc2ccc(F)cc2)ccc1Cl. The first-order valence-electron chi connectivity index (χ1n) is 13.6. The molecular weight excluding hydrogens is 521 g/mol. The summed E-state index contributed by atoms with van der Waals surface area (Å²) >= 11 is 6.28. The van der Waals surface area contributed by atoms with Gasteiger partial charge >= 0.3 is 6.09 Å². The van der Waals surface area contributed by atoms with Crippen molar-refractivity contribution in [2.24, 2.45) is 11.3 Å². The molecule has 9 heteroatoms. The van der Waals surface area contributed by atoms with E-state index in [-0.39, 0.29) is 40.9 Å². The molecule has 208 valence electrons. The molecule has 5 rings (SSSR count). The molecule has 1 saturated carbocycles. The van der Waals surface area contributed by atoms with Crippen LogP contribution in [-0.2, 0) is 9.59 Å². The molecule has 0 radical (unpaired) electrons. The van der Waals surface area contributed by atoms with Gasteiger partial charge < -0.3 is 19.4 Å². The first-order valence-corrected chi connectivity index (χ1v) is 14.0. The Bertz CT molecular complexity index is 1260. The van der Waals surface area contributed by atoms with Gasteiger partial charge in [0.15, 0.2) is 0 Å². The zero-order valence-corrected chi connectivity index (χ0v) is 23.4. The summed E-state index contributed by atoms with van der Waals surface area (Å²) in [6.07, 6.45) is 2.62. The highest BCUT2D eigenvalue weighted by Crippen LogP contribution is 2.47. The number of hydrogen-bond acceptors (Lipinski definition) is 4. The summed E-state index contributed by atoms with van der Waals surface area (Å²) in [5.74, 6) is -0.161. The van der Waals surface area contributed by atoms with Crippen molar-refractivity contribution in [3.63, 3.8) is 0 Å². The summed E-state index contributed by atoms with van der Waals surface area (Å²) < 4.78 is 18.8. The molecule has 1 aliphatic carbocycles. The van der Waals surface area contributed by atoms with Crippen molar-refractivity contribution in [1.29, 1.82) is 0 Å². The van der Waals surface area contributed by atoms with Crippen molar-refractivity contribution in [3.8, 4) is 5.75 Å². The number of rotatable bonds is 5. The van der Waals surface area contributed by atoms with E-state index in [1.165, 1.54) is 29.2 Å². The second kappa shape index (κ2) is 10.8.